The van der Waals surface area contributed by atoms with Crippen LogP contribution in [0.5, 0.6) is 5.75 Å². The molecule has 0 aliphatic rings. The highest BCUT2D eigenvalue weighted by molar-refractivity contribution is 5.73. The van der Waals surface area contributed by atoms with E-state index in [1.165, 1.54) is 7.11 Å². The topological polar surface area (TPSA) is 55.8 Å². The molecular formula is C15H22O4. The summed E-state index contributed by atoms with van der Waals surface area (Å²) in [6, 6.07) is 7.18. The van der Waals surface area contributed by atoms with Gasteiger partial charge in [-0.1, -0.05) is 38.0 Å². The van der Waals surface area contributed by atoms with E-state index in [0.717, 1.165) is 12.8 Å². The number of aliphatic hydroxyl groups excluding tert-OH is 1. The Morgan fingerprint density at radius 1 is 1.32 bits per heavy atom. The maximum absolute atomic E-state index is 11.8. The molecule has 0 spiro atoms. The van der Waals surface area contributed by atoms with Gasteiger partial charge in [-0.05, 0) is 12.5 Å². The molecule has 0 heterocycles. The first kappa shape index (κ1) is 15.5. The van der Waals surface area contributed by atoms with Gasteiger partial charge < -0.3 is 14.6 Å². The van der Waals surface area contributed by atoms with Gasteiger partial charge >= 0.3 is 5.97 Å². The molecule has 1 rings (SSSR count). The Morgan fingerprint density at radius 3 is 2.58 bits per heavy atom. The second kappa shape index (κ2) is 7.79. The van der Waals surface area contributed by atoms with Crippen LogP contribution in [0.3, 0.4) is 0 Å². The van der Waals surface area contributed by atoms with Gasteiger partial charge in [-0.3, -0.25) is 4.79 Å². The summed E-state index contributed by atoms with van der Waals surface area (Å²) >= 11 is 0. The molecule has 2 atom stereocenters. The van der Waals surface area contributed by atoms with Crippen molar-refractivity contribution in [2.75, 3.05) is 14.2 Å². The number of hydrogen-bond acceptors (Lipinski definition) is 4. The van der Waals surface area contributed by atoms with Crippen LogP contribution < -0.4 is 4.74 Å². The minimum Gasteiger partial charge on any atom is -0.496 e. The van der Waals surface area contributed by atoms with E-state index >= 15 is 0 Å². The number of esters is 1. The number of ether oxygens (including phenoxy) is 2. The minimum atomic E-state index is -0.907. The number of carbonyl (C=O) groups is 1. The van der Waals surface area contributed by atoms with E-state index in [1.807, 2.05) is 19.1 Å². The van der Waals surface area contributed by atoms with Crippen LogP contribution in [0.1, 0.15) is 37.9 Å². The lowest BCUT2D eigenvalue weighted by Gasteiger charge is -2.22. The number of methoxy groups -OCH3 is 2. The molecular weight excluding hydrogens is 244 g/mol. The van der Waals surface area contributed by atoms with Crippen LogP contribution in [0.4, 0.5) is 0 Å². The number of aliphatic hydroxyl groups is 1. The van der Waals surface area contributed by atoms with Crippen LogP contribution in [0.2, 0.25) is 0 Å². The largest absolute Gasteiger partial charge is 0.496 e. The molecule has 4 heteroatoms. The lowest BCUT2D eigenvalue weighted by molar-refractivity contribution is -0.150. The predicted octanol–water partition coefficient (Wildman–Crippen LogP) is 2.71. The first-order valence-electron chi connectivity index (χ1n) is 6.54. The number of hydrogen-bond donors (Lipinski definition) is 1. The summed E-state index contributed by atoms with van der Waals surface area (Å²) < 4.78 is 10.0. The van der Waals surface area contributed by atoms with Gasteiger partial charge in [0.1, 0.15) is 5.75 Å². The van der Waals surface area contributed by atoms with Gasteiger partial charge in [0.2, 0.25) is 0 Å². The summed E-state index contributed by atoms with van der Waals surface area (Å²) in [6.07, 6.45) is 1.52. The van der Waals surface area contributed by atoms with E-state index in [-0.39, 0.29) is 5.97 Å². The van der Waals surface area contributed by atoms with Crippen LogP contribution in [-0.4, -0.2) is 25.3 Å². The molecule has 0 saturated heterocycles. The zero-order chi connectivity index (χ0) is 14.3. The van der Waals surface area contributed by atoms with E-state index in [2.05, 4.69) is 0 Å². The normalized spacial score (nSPS) is 13.7. The van der Waals surface area contributed by atoms with Crippen molar-refractivity contribution in [3.05, 3.63) is 29.8 Å². The molecule has 0 fully saturated rings. The maximum atomic E-state index is 11.8. The van der Waals surface area contributed by atoms with Crippen molar-refractivity contribution < 1.29 is 19.4 Å². The van der Waals surface area contributed by atoms with Crippen LogP contribution in [0.15, 0.2) is 24.3 Å². The lowest BCUT2D eigenvalue weighted by Crippen LogP contribution is -2.24. The number of para-hydroxylation sites is 1. The quantitative estimate of drug-likeness (QED) is 0.771. The Balaban J connectivity index is 2.97. The monoisotopic (exact) mass is 266 g/mol. The highest BCUT2D eigenvalue weighted by Gasteiger charge is 2.30. The Labute approximate surface area is 114 Å². The van der Waals surface area contributed by atoms with Crippen LogP contribution >= 0.6 is 0 Å². The Kier molecular flexibility index (Phi) is 6.36. The zero-order valence-electron chi connectivity index (χ0n) is 11.8. The van der Waals surface area contributed by atoms with E-state index in [4.69, 9.17) is 9.47 Å². The van der Waals surface area contributed by atoms with Crippen LogP contribution in [0, 0.1) is 5.92 Å². The van der Waals surface area contributed by atoms with Gasteiger partial charge in [0, 0.05) is 5.56 Å². The summed E-state index contributed by atoms with van der Waals surface area (Å²) in [5.41, 5.74) is 0.622. The summed E-state index contributed by atoms with van der Waals surface area (Å²) in [6.45, 7) is 2.05. The minimum absolute atomic E-state index is 0.383. The van der Waals surface area contributed by atoms with Crippen LogP contribution in [-0.2, 0) is 9.53 Å². The zero-order valence-corrected chi connectivity index (χ0v) is 11.8. The maximum Gasteiger partial charge on any atom is 0.311 e. The third-order valence-electron chi connectivity index (χ3n) is 3.21. The highest BCUT2D eigenvalue weighted by Crippen LogP contribution is 2.33. The van der Waals surface area contributed by atoms with Crippen molar-refractivity contribution in [2.45, 2.75) is 32.3 Å². The van der Waals surface area contributed by atoms with E-state index in [9.17, 15) is 9.90 Å². The molecule has 1 aromatic carbocycles. The number of carbonyl (C=O) groups excluding carboxylic acids is 1. The second-order valence-electron chi connectivity index (χ2n) is 4.46. The average molecular weight is 266 g/mol. The van der Waals surface area contributed by atoms with Gasteiger partial charge in [-0.2, -0.15) is 0 Å². The molecule has 0 aliphatic heterocycles. The molecule has 2 unspecified atom stereocenters. The molecule has 0 aliphatic carbocycles. The van der Waals surface area contributed by atoms with Crippen molar-refractivity contribution in [1.82, 2.24) is 0 Å². The van der Waals surface area contributed by atoms with Gasteiger partial charge in [-0.15, -0.1) is 0 Å². The molecule has 0 bridgehead atoms. The van der Waals surface area contributed by atoms with E-state index < -0.39 is 12.0 Å². The van der Waals surface area contributed by atoms with Crippen molar-refractivity contribution in [1.29, 1.82) is 0 Å². The van der Waals surface area contributed by atoms with Gasteiger partial charge in [-0.25, -0.2) is 0 Å². The molecule has 0 saturated carbocycles. The van der Waals surface area contributed by atoms with Gasteiger partial charge in [0.25, 0.3) is 0 Å². The van der Waals surface area contributed by atoms with Gasteiger partial charge in [0.05, 0.1) is 26.2 Å². The fraction of sp³-hybridized carbons (Fsp3) is 0.533. The molecule has 4 nitrogen and oxygen atoms in total. The molecule has 0 amide bonds. The predicted molar refractivity (Wildman–Crippen MR) is 73.0 cm³/mol. The van der Waals surface area contributed by atoms with Crippen molar-refractivity contribution >= 4 is 5.97 Å². The molecule has 0 aromatic heterocycles. The summed E-state index contributed by atoms with van der Waals surface area (Å²) in [7, 11) is 2.89. The molecule has 1 aromatic rings. The van der Waals surface area contributed by atoms with Crippen LogP contribution in [0.25, 0.3) is 0 Å². The lowest BCUT2D eigenvalue weighted by atomic mass is 9.90. The fourth-order valence-electron chi connectivity index (χ4n) is 2.11. The average Bonchev–Trinajstić information content (AvgIpc) is 2.46. The number of unbranched alkanes of at least 4 members (excludes halogenated alkanes) is 1. The number of benzene rings is 1. The van der Waals surface area contributed by atoms with E-state index in [1.54, 1.807) is 19.2 Å². The van der Waals surface area contributed by atoms with Crippen molar-refractivity contribution in [2.24, 2.45) is 5.92 Å². The smallest absolute Gasteiger partial charge is 0.311 e. The Hall–Kier alpha value is -1.55. The Bertz CT molecular complexity index is 403. The SMILES string of the molecule is CCCCC(C(=O)OC)C(O)c1ccccc1OC. The molecule has 0 radical (unpaired) electrons. The standard InChI is InChI=1S/C15H22O4/c1-4-5-8-12(15(17)19-3)14(16)11-9-6-7-10-13(11)18-2/h6-7,9-10,12,14,16H,4-5,8H2,1-3H3. The third-order valence-corrected chi connectivity index (χ3v) is 3.21. The molecule has 1 N–H and O–H groups in total. The summed E-state index contributed by atoms with van der Waals surface area (Å²) in [5.74, 6) is -0.353. The molecule has 106 valence electrons. The summed E-state index contributed by atoms with van der Waals surface area (Å²) in [5, 5.41) is 10.4. The first-order chi connectivity index (χ1) is 9.15. The van der Waals surface area contributed by atoms with Crippen molar-refractivity contribution in [3.8, 4) is 5.75 Å². The molecule has 19 heavy (non-hydrogen) atoms. The fourth-order valence-corrected chi connectivity index (χ4v) is 2.11. The Morgan fingerprint density at radius 2 is 2.00 bits per heavy atom. The third kappa shape index (κ3) is 3.96. The van der Waals surface area contributed by atoms with Gasteiger partial charge in [0.15, 0.2) is 0 Å². The first-order valence-corrected chi connectivity index (χ1v) is 6.54. The second-order valence-corrected chi connectivity index (χ2v) is 4.46. The van der Waals surface area contributed by atoms with Crippen molar-refractivity contribution in [3.63, 3.8) is 0 Å². The van der Waals surface area contributed by atoms with E-state index in [0.29, 0.717) is 17.7 Å². The summed E-state index contributed by atoms with van der Waals surface area (Å²) in [4.78, 5) is 11.8. The number of rotatable bonds is 7. The highest BCUT2D eigenvalue weighted by atomic mass is 16.5.